The number of hydrogen-bond acceptors (Lipinski definition) is 5. The lowest BCUT2D eigenvalue weighted by Crippen LogP contribution is -2.14. The van der Waals surface area contributed by atoms with Crippen LogP contribution in [0.25, 0.3) is 0 Å². The van der Waals surface area contributed by atoms with Crippen LogP contribution >= 0.6 is 11.6 Å². The number of non-ortho nitro benzene ring substituents is 1. The molecule has 0 unspecified atom stereocenters. The Morgan fingerprint density at radius 1 is 1.33 bits per heavy atom. The lowest BCUT2D eigenvalue weighted by Gasteiger charge is -2.10. The molecule has 0 fully saturated rings. The van der Waals surface area contributed by atoms with E-state index in [2.05, 4.69) is 5.16 Å². The molecule has 0 saturated heterocycles. The minimum atomic E-state index is -0.532. The van der Waals surface area contributed by atoms with Crippen molar-refractivity contribution in [3.05, 3.63) is 63.2 Å². The van der Waals surface area contributed by atoms with Crippen molar-refractivity contribution in [2.75, 3.05) is 0 Å². The maximum atomic E-state index is 10.7. The summed E-state index contributed by atoms with van der Waals surface area (Å²) in [6.45, 7) is 0. The van der Waals surface area contributed by atoms with Gasteiger partial charge in [0.15, 0.2) is 5.84 Å². The van der Waals surface area contributed by atoms with E-state index < -0.39 is 4.92 Å². The number of nitrogens with zero attached hydrogens (tertiary/aromatic N) is 2. The van der Waals surface area contributed by atoms with Crippen LogP contribution < -0.4 is 10.5 Å². The van der Waals surface area contributed by atoms with Crippen molar-refractivity contribution < 1.29 is 14.9 Å². The molecular formula is C13H10ClN3O4. The first-order valence-corrected chi connectivity index (χ1v) is 6.09. The molecule has 0 aliphatic heterocycles. The molecule has 0 atom stereocenters. The van der Waals surface area contributed by atoms with Crippen molar-refractivity contribution in [1.82, 2.24) is 0 Å². The maximum absolute atomic E-state index is 10.7. The number of amidine groups is 1. The standard InChI is InChI=1S/C13H10ClN3O4/c14-8-4-5-11(13(15)16-18)12(6-8)21-10-3-1-2-9(7-10)17(19)20/h1-7,18H,(H2,15,16). The molecule has 8 heteroatoms. The van der Waals surface area contributed by atoms with E-state index in [1.807, 2.05) is 0 Å². The minimum absolute atomic E-state index is 0.111. The molecule has 0 aromatic heterocycles. The van der Waals surface area contributed by atoms with Gasteiger partial charge in [0, 0.05) is 17.2 Å². The zero-order valence-electron chi connectivity index (χ0n) is 10.6. The first-order valence-electron chi connectivity index (χ1n) is 5.71. The minimum Gasteiger partial charge on any atom is -0.456 e. The van der Waals surface area contributed by atoms with Crippen LogP contribution in [0.15, 0.2) is 47.6 Å². The number of nitro groups is 1. The SMILES string of the molecule is NC(=NO)c1ccc(Cl)cc1Oc1cccc([N+](=O)[O-])c1. The summed E-state index contributed by atoms with van der Waals surface area (Å²) in [5.41, 5.74) is 5.75. The first kappa shape index (κ1) is 14.6. The zero-order valence-corrected chi connectivity index (χ0v) is 11.3. The average molecular weight is 308 g/mol. The average Bonchev–Trinajstić information content (AvgIpc) is 2.47. The molecule has 0 bridgehead atoms. The van der Waals surface area contributed by atoms with Gasteiger partial charge in [0.25, 0.3) is 5.69 Å². The predicted molar refractivity (Wildman–Crippen MR) is 77.1 cm³/mol. The second-order valence-corrected chi connectivity index (χ2v) is 4.42. The Morgan fingerprint density at radius 3 is 2.76 bits per heavy atom. The van der Waals surface area contributed by atoms with Crippen LogP contribution in [-0.4, -0.2) is 16.0 Å². The van der Waals surface area contributed by atoms with Crippen LogP contribution in [-0.2, 0) is 0 Å². The van der Waals surface area contributed by atoms with Gasteiger partial charge in [0.2, 0.25) is 0 Å². The van der Waals surface area contributed by atoms with Crippen molar-refractivity contribution in [3.8, 4) is 11.5 Å². The molecule has 2 aromatic carbocycles. The molecule has 108 valence electrons. The van der Waals surface area contributed by atoms with E-state index in [0.717, 1.165) is 0 Å². The molecule has 0 aliphatic carbocycles. The fourth-order valence-electron chi connectivity index (χ4n) is 1.63. The molecule has 0 heterocycles. The van der Waals surface area contributed by atoms with Crippen LogP contribution in [0.4, 0.5) is 5.69 Å². The van der Waals surface area contributed by atoms with Crippen LogP contribution in [0.3, 0.4) is 0 Å². The first-order chi connectivity index (χ1) is 10.0. The van der Waals surface area contributed by atoms with Gasteiger partial charge in [-0.25, -0.2) is 0 Å². The second-order valence-electron chi connectivity index (χ2n) is 3.98. The number of nitro benzene ring substituents is 1. The molecule has 0 aliphatic rings. The fraction of sp³-hybridized carbons (Fsp3) is 0. The van der Waals surface area contributed by atoms with E-state index in [0.29, 0.717) is 10.6 Å². The summed E-state index contributed by atoms with van der Waals surface area (Å²) < 4.78 is 5.54. The third-order valence-corrected chi connectivity index (χ3v) is 2.82. The number of rotatable bonds is 4. The Bertz CT molecular complexity index is 718. The number of benzene rings is 2. The summed E-state index contributed by atoms with van der Waals surface area (Å²) in [6.07, 6.45) is 0. The van der Waals surface area contributed by atoms with Gasteiger partial charge >= 0.3 is 0 Å². The van der Waals surface area contributed by atoms with Crippen molar-refractivity contribution in [2.24, 2.45) is 10.9 Å². The number of halogens is 1. The smallest absolute Gasteiger partial charge is 0.273 e. The van der Waals surface area contributed by atoms with Gasteiger partial charge in [0.05, 0.1) is 16.6 Å². The maximum Gasteiger partial charge on any atom is 0.273 e. The van der Waals surface area contributed by atoms with Crippen molar-refractivity contribution in [2.45, 2.75) is 0 Å². The zero-order chi connectivity index (χ0) is 15.4. The number of ether oxygens (including phenoxy) is 1. The summed E-state index contributed by atoms with van der Waals surface area (Å²) in [5, 5.41) is 22.8. The van der Waals surface area contributed by atoms with E-state index in [1.165, 1.54) is 30.3 Å². The monoisotopic (exact) mass is 307 g/mol. The van der Waals surface area contributed by atoms with Crippen LogP contribution in [0, 0.1) is 10.1 Å². The van der Waals surface area contributed by atoms with E-state index in [9.17, 15) is 10.1 Å². The highest BCUT2D eigenvalue weighted by atomic mass is 35.5. The van der Waals surface area contributed by atoms with E-state index in [-0.39, 0.29) is 23.0 Å². The van der Waals surface area contributed by atoms with Gasteiger partial charge in [-0.05, 0) is 18.2 Å². The lowest BCUT2D eigenvalue weighted by atomic mass is 10.2. The Kier molecular flexibility index (Phi) is 4.24. The third kappa shape index (κ3) is 3.40. The molecule has 7 nitrogen and oxygen atoms in total. The quantitative estimate of drug-likeness (QED) is 0.296. The van der Waals surface area contributed by atoms with Crippen LogP contribution in [0.5, 0.6) is 11.5 Å². The van der Waals surface area contributed by atoms with Gasteiger partial charge in [-0.2, -0.15) is 0 Å². The summed E-state index contributed by atoms with van der Waals surface area (Å²) in [7, 11) is 0. The lowest BCUT2D eigenvalue weighted by molar-refractivity contribution is -0.384. The highest BCUT2D eigenvalue weighted by molar-refractivity contribution is 6.30. The summed E-state index contributed by atoms with van der Waals surface area (Å²) in [6, 6.07) is 10.2. The van der Waals surface area contributed by atoms with Gasteiger partial charge in [-0.3, -0.25) is 10.1 Å². The van der Waals surface area contributed by atoms with Crippen molar-refractivity contribution >= 4 is 23.1 Å². The molecule has 0 radical (unpaired) electrons. The Balaban J connectivity index is 2.41. The summed E-state index contributed by atoms with van der Waals surface area (Å²) in [4.78, 5) is 10.2. The molecule has 21 heavy (non-hydrogen) atoms. The Labute approximate surface area is 124 Å². The highest BCUT2D eigenvalue weighted by Gasteiger charge is 2.12. The van der Waals surface area contributed by atoms with E-state index >= 15 is 0 Å². The van der Waals surface area contributed by atoms with Crippen LogP contribution in [0.2, 0.25) is 5.02 Å². The second kappa shape index (κ2) is 6.10. The number of nitrogens with two attached hydrogens (primary N) is 1. The van der Waals surface area contributed by atoms with Crippen LogP contribution in [0.1, 0.15) is 5.56 Å². The molecule has 0 amide bonds. The molecule has 2 rings (SSSR count). The number of hydrogen-bond donors (Lipinski definition) is 2. The fourth-order valence-corrected chi connectivity index (χ4v) is 1.80. The van der Waals surface area contributed by atoms with Gasteiger partial charge < -0.3 is 15.7 Å². The largest absolute Gasteiger partial charge is 0.456 e. The highest BCUT2D eigenvalue weighted by Crippen LogP contribution is 2.30. The normalized spacial score (nSPS) is 11.2. The molecular weight excluding hydrogens is 298 g/mol. The van der Waals surface area contributed by atoms with E-state index in [4.69, 9.17) is 27.3 Å². The molecule has 0 spiro atoms. The topological polar surface area (TPSA) is 111 Å². The van der Waals surface area contributed by atoms with Gasteiger partial charge in [-0.15, -0.1) is 0 Å². The summed E-state index contributed by atoms with van der Waals surface area (Å²) >= 11 is 5.88. The van der Waals surface area contributed by atoms with E-state index in [1.54, 1.807) is 12.1 Å². The van der Waals surface area contributed by atoms with Crippen molar-refractivity contribution in [1.29, 1.82) is 0 Å². The molecule has 3 N–H and O–H groups in total. The molecule has 2 aromatic rings. The third-order valence-electron chi connectivity index (χ3n) is 2.58. The number of oxime groups is 1. The van der Waals surface area contributed by atoms with Gasteiger partial charge in [0.1, 0.15) is 11.5 Å². The Hall–Kier alpha value is -2.80. The van der Waals surface area contributed by atoms with Crippen molar-refractivity contribution in [3.63, 3.8) is 0 Å². The summed E-state index contributed by atoms with van der Waals surface area (Å²) in [5.74, 6) is 0.295. The predicted octanol–water partition coefficient (Wildman–Crippen LogP) is 3.14. The Morgan fingerprint density at radius 2 is 2.10 bits per heavy atom. The van der Waals surface area contributed by atoms with Gasteiger partial charge in [-0.1, -0.05) is 22.8 Å². The molecule has 0 saturated carbocycles.